The minimum atomic E-state index is -0.560. The van der Waals surface area contributed by atoms with Crippen molar-refractivity contribution in [1.29, 1.82) is 0 Å². The highest BCUT2D eigenvalue weighted by atomic mass is 16.6. The zero-order chi connectivity index (χ0) is 19.1. The van der Waals surface area contributed by atoms with Gasteiger partial charge >= 0.3 is 0 Å². The number of nitrogens with one attached hydrogen (secondary N) is 2. The zero-order valence-electron chi connectivity index (χ0n) is 13.4. The second kappa shape index (κ2) is 8.33. The maximum absolute atomic E-state index is 11.9. The predicted molar refractivity (Wildman–Crippen MR) is 90.9 cm³/mol. The number of hydrogen-bond acceptors (Lipinski definition) is 6. The van der Waals surface area contributed by atoms with Crippen LogP contribution in [0.4, 0.5) is 11.4 Å². The Morgan fingerprint density at radius 1 is 0.692 bits per heavy atom. The molecule has 0 aliphatic carbocycles. The summed E-state index contributed by atoms with van der Waals surface area (Å²) in [4.78, 5) is 43.8. The number of nitrogens with zero attached hydrogens (tertiary/aromatic N) is 2. The topological polar surface area (TPSA) is 144 Å². The van der Waals surface area contributed by atoms with E-state index >= 15 is 0 Å². The third-order valence-electron chi connectivity index (χ3n) is 3.38. The van der Waals surface area contributed by atoms with Gasteiger partial charge in [-0.1, -0.05) is 0 Å². The van der Waals surface area contributed by atoms with Crippen molar-refractivity contribution in [2.45, 2.75) is 0 Å². The number of rotatable bonds is 7. The van der Waals surface area contributed by atoms with Crippen molar-refractivity contribution in [2.24, 2.45) is 0 Å². The van der Waals surface area contributed by atoms with E-state index in [0.717, 1.165) is 0 Å². The third-order valence-corrected chi connectivity index (χ3v) is 3.38. The normalized spacial score (nSPS) is 10.0. The van der Waals surface area contributed by atoms with Crippen LogP contribution in [0.5, 0.6) is 0 Å². The van der Waals surface area contributed by atoms with Crippen LogP contribution >= 0.6 is 0 Å². The first-order valence-corrected chi connectivity index (χ1v) is 7.44. The van der Waals surface area contributed by atoms with Gasteiger partial charge in [-0.15, -0.1) is 0 Å². The molecule has 134 valence electrons. The molecule has 2 N–H and O–H groups in total. The van der Waals surface area contributed by atoms with E-state index in [-0.39, 0.29) is 35.6 Å². The Morgan fingerprint density at radius 2 is 1.00 bits per heavy atom. The van der Waals surface area contributed by atoms with Crippen molar-refractivity contribution in [1.82, 2.24) is 10.6 Å². The highest BCUT2D eigenvalue weighted by molar-refractivity contribution is 5.95. The zero-order valence-corrected chi connectivity index (χ0v) is 13.4. The standard InChI is InChI=1S/C16H14N4O6/c21-15(11-1-5-13(6-2-11)19(23)24)17-9-10-18-16(22)12-3-7-14(8-4-12)20(25)26/h1-8H,9-10H2,(H,17,21)(H,18,22). The lowest BCUT2D eigenvalue weighted by atomic mass is 10.2. The van der Waals surface area contributed by atoms with Gasteiger partial charge in [-0.25, -0.2) is 0 Å². The van der Waals surface area contributed by atoms with Crippen molar-refractivity contribution in [2.75, 3.05) is 13.1 Å². The number of nitro benzene ring substituents is 2. The molecule has 0 bridgehead atoms. The molecular weight excluding hydrogens is 344 g/mol. The van der Waals surface area contributed by atoms with Crippen LogP contribution in [0.2, 0.25) is 0 Å². The van der Waals surface area contributed by atoms with Gasteiger partial charge in [0.2, 0.25) is 0 Å². The van der Waals surface area contributed by atoms with Gasteiger partial charge in [-0.3, -0.25) is 29.8 Å². The summed E-state index contributed by atoms with van der Waals surface area (Å²) in [6.45, 7) is 0.295. The number of hydrogen-bond donors (Lipinski definition) is 2. The number of carbonyl (C=O) groups is 2. The fourth-order valence-electron chi connectivity index (χ4n) is 2.03. The number of amides is 2. The molecule has 10 nitrogen and oxygen atoms in total. The van der Waals surface area contributed by atoms with Gasteiger partial charge in [0, 0.05) is 48.5 Å². The Morgan fingerprint density at radius 3 is 1.27 bits per heavy atom. The molecule has 0 aromatic heterocycles. The van der Waals surface area contributed by atoms with Crippen molar-refractivity contribution in [3.8, 4) is 0 Å². The van der Waals surface area contributed by atoms with Crippen LogP contribution < -0.4 is 10.6 Å². The van der Waals surface area contributed by atoms with Crippen LogP contribution in [0.15, 0.2) is 48.5 Å². The predicted octanol–water partition coefficient (Wildman–Crippen LogP) is 1.66. The molecule has 0 fully saturated rings. The van der Waals surface area contributed by atoms with Crippen molar-refractivity contribution >= 4 is 23.2 Å². The van der Waals surface area contributed by atoms with Crippen molar-refractivity contribution < 1.29 is 19.4 Å². The fourth-order valence-corrected chi connectivity index (χ4v) is 2.03. The molecule has 0 aliphatic rings. The molecule has 0 radical (unpaired) electrons. The quantitative estimate of drug-likeness (QED) is 0.437. The number of benzene rings is 2. The summed E-state index contributed by atoms with van der Waals surface area (Å²) >= 11 is 0. The maximum Gasteiger partial charge on any atom is 0.269 e. The van der Waals surface area contributed by atoms with E-state index in [1.54, 1.807) is 0 Å². The molecule has 0 aliphatic heterocycles. The molecule has 0 saturated carbocycles. The Hall–Kier alpha value is -3.82. The van der Waals surface area contributed by atoms with E-state index in [1.807, 2.05) is 0 Å². The molecule has 0 saturated heterocycles. The highest BCUT2D eigenvalue weighted by Gasteiger charge is 2.10. The lowest BCUT2D eigenvalue weighted by molar-refractivity contribution is -0.385. The minimum Gasteiger partial charge on any atom is -0.350 e. The van der Waals surface area contributed by atoms with E-state index in [4.69, 9.17) is 0 Å². The molecule has 10 heteroatoms. The van der Waals surface area contributed by atoms with E-state index in [1.165, 1.54) is 48.5 Å². The van der Waals surface area contributed by atoms with E-state index < -0.39 is 21.7 Å². The number of nitro groups is 2. The van der Waals surface area contributed by atoms with E-state index in [2.05, 4.69) is 10.6 Å². The number of non-ortho nitro benzene ring substituents is 2. The monoisotopic (exact) mass is 358 g/mol. The summed E-state index contributed by atoms with van der Waals surface area (Å²) < 4.78 is 0. The fraction of sp³-hybridized carbons (Fsp3) is 0.125. The largest absolute Gasteiger partial charge is 0.350 e. The van der Waals surface area contributed by atoms with Gasteiger partial charge in [0.25, 0.3) is 23.2 Å². The Labute approximate surface area is 147 Å². The molecule has 0 heterocycles. The van der Waals surface area contributed by atoms with Crippen molar-refractivity contribution in [3.05, 3.63) is 79.9 Å². The van der Waals surface area contributed by atoms with Gasteiger partial charge in [0.15, 0.2) is 0 Å². The van der Waals surface area contributed by atoms with Crippen LogP contribution in [0.3, 0.4) is 0 Å². The van der Waals surface area contributed by atoms with Crippen LogP contribution in [0, 0.1) is 20.2 Å². The summed E-state index contributed by atoms with van der Waals surface area (Å²) in [6, 6.07) is 10.3. The minimum absolute atomic E-state index is 0.114. The van der Waals surface area contributed by atoms with Crippen LogP contribution in [-0.4, -0.2) is 34.8 Å². The Bertz CT molecular complexity index is 761. The molecule has 2 aromatic rings. The van der Waals surface area contributed by atoms with Gasteiger partial charge in [0.1, 0.15) is 0 Å². The molecule has 0 atom stereocenters. The second-order valence-electron chi connectivity index (χ2n) is 5.12. The Kier molecular flexibility index (Phi) is 5.93. The average molecular weight is 358 g/mol. The Balaban J connectivity index is 1.78. The maximum atomic E-state index is 11.9. The summed E-state index contributed by atoms with van der Waals surface area (Å²) in [5, 5.41) is 26.2. The van der Waals surface area contributed by atoms with Gasteiger partial charge in [-0.05, 0) is 24.3 Å². The second-order valence-corrected chi connectivity index (χ2v) is 5.12. The summed E-state index contributed by atoms with van der Waals surface area (Å²) in [7, 11) is 0. The summed E-state index contributed by atoms with van der Waals surface area (Å²) in [5.41, 5.74) is 0.295. The first-order valence-electron chi connectivity index (χ1n) is 7.44. The van der Waals surface area contributed by atoms with Gasteiger partial charge < -0.3 is 10.6 Å². The lowest BCUT2D eigenvalue weighted by Crippen LogP contribution is -2.34. The number of carbonyl (C=O) groups excluding carboxylic acids is 2. The molecule has 0 spiro atoms. The lowest BCUT2D eigenvalue weighted by Gasteiger charge is -2.07. The first kappa shape index (κ1) is 18.5. The molecule has 0 unspecified atom stereocenters. The molecule has 2 amide bonds. The third kappa shape index (κ3) is 4.84. The van der Waals surface area contributed by atoms with Crippen LogP contribution in [0.1, 0.15) is 20.7 Å². The van der Waals surface area contributed by atoms with Gasteiger partial charge in [0.05, 0.1) is 9.85 Å². The smallest absolute Gasteiger partial charge is 0.269 e. The van der Waals surface area contributed by atoms with Gasteiger partial charge in [-0.2, -0.15) is 0 Å². The van der Waals surface area contributed by atoms with E-state index in [9.17, 15) is 29.8 Å². The average Bonchev–Trinajstić information content (AvgIpc) is 2.65. The summed E-state index contributed by atoms with van der Waals surface area (Å²) in [5.74, 6) is -0.853. The molecule has 2 rings (SSSR count). The molecular formula is C16H14N4O6. The van der Waals surface area contributed by atoms with Crippen LogP contribution in [-0.2, 0) is 0 Å². The SMILES string of the molecule is O=C(NCCNC(=O)c1ccc([N+](=O)[O-])cc1)c1ccc([N+](=O)[O-])cc1. The van der Waals surface area contributed by atoms with E-state index in [0.29, 0.717) is 0 Å². The first-order chi connectivity index (χ1) is 12.4. The van der Waals surface area contributed by atoms with Crippen molar-refractivity contribution in [3.63, 3.8) is 0 Å². The highest BCUT2D eigenvalue weighted by Crippen LogP contribution is 2.12. The van der Waals surface area contributed by atoms with Crippen LogP contribution in [0.25, 0.3) is 0 Å². The summed E-state index contributed by atoms with van der Waals surface area (Å²) in [6.07, 6.45) is 0. The molecule has 26 heavy (non-hydrogen) atoms. The molecule has 2 aromatic carbocycles.